The molecule has 0 bridgehead atoms. The Morgan fingerprint density at radius 3 is 2.25 bits per heavy atom. The van der Waals surface area contributed by atoms with Crippen molar-refractivity contribution in [2.24, 2.45) is 5.92 Å². The van der Waals surface area contributed by atoms with E-state index < -0.39 is 17.6 Å². The SMILES string of the molecule is CC(C)CCC(C)NCc1cc(F)cc(C(F)(F)F)c1. The van der Waals surface area contributed by atoms with Gasteiger partial charge in [0.1, 0.15) is 5.82 Å². The van der Waals surface area contributed by atoms with Crippen LogP contribution >= 0.6 is 0 Å². The third kappa shape index (κ3) is 5.90. The summed E-state index contributed by atoms with van der Waals surface area (Å²) in [4.78, 5) is 0. The molecule has 1 aromatic rings. The van der Waals surface area contributed by atoms with Crippen LogP contribution in [0.25, 0.3) is 0 Å². The standard InChI is InChI=1S/C15H21F4N/c1-10(2)4-5-11(3)20-9-12-6-13(15(17,18)19)8-14(16)7-12/h6-8,10-11,20H,4-5,9H2,1-3H3. The van der Waals surface area contributed by atoms with Crippen molar-refractivity contribution < 1.29 is 17.6 Å². The Labute approximate surface area is 117 Å². The highest BCUT2D eigenvalue weighted by Crippen LogP contribution is 2.30. The molecule has 1 N–H and O–H groups in total. The molecule has 0 spiro atoms. The maximum absolute atomic E-state index is 13.2. The zero-order chi connectivity index (χ0) is 15.3. The molecule has 0 radical (unpaired) electrons. The zero-order valence-corrected chi connectivity index (χ0v) is 12.0. The van der Waals surface area contributed by atoms with Gasteiger partial charge in [-0.2, -0.15) is 13.2 Å². The van der Waals surface area contributed by atoms with Crippen LogP contribution in [0.3, 0.4) is 0 Å². The Kier molecular flexibility index (Phi) is 5.99. The number of halogens is 4. The van der Waals surface area contributed by atoms with E-state index in [0.29, 0.717) is 17.5 Å². The van der Waals surface area contributed by atoms with Crippen LogP contribution in [0.5, 0.6) is 0 Å². The number of rotatable bonds is 6. The van der Waals surface area contributed by atoms with Crippen molar-refractivity contribution in [3.05, 3.63) is 35.1 Å². The van der Waals surface area contributed by atoms with Crippen LogP contribution in [0.4, 0.5) is 17.6 Å². The summed E-state index contributed by atoms with van der Waals surface area (Å²) < 4.78 is 50.9. The lowest BCUT2D eigenvalue weighted by atomic mass is 10.0. The molecule has 1 unspecified atom stereocenters. The van der Waals surface area contributed by atoms with Crippen LogP contribution < -0.4 is 5.32 Å². The van der Waals surface area contributed by atoms with Gasteiger partial charge in [-0.15, -0.1) is 0 Å². The highest BCUT2D eigenvalue weighted by molar-refractivity contribution is 5.26. The summed E-state index contributed by atoms with van der Waals surface area (Å²) in [6, 6.07) is 2.84. The smallest absolute Gasteiger partial charge is 0.310 e. The summed E-state index contributed by atoms with van der Waals surface area (Å²) in [6.07, 6.45) is -2.52. The second-order valence-electron chi connectivity index (χ2n) is 5.60. The van der Waals surface area contributed by atoms with Crippen molar-refractivity contribution in [1.82, 2.24) is 5.32 Å². The lowest BCUT2D eigenvalue weighted by Gasteiger charge is -2.16. The molecule has 0 heterocycles. The summed E-state index contributed by atoms with van der Waals surface area (Å²) in [6.45, 7) is 6.45. The van der Waals surface area contributed by atoms with E-state index in [1.807, 2.05) is 6.92 Å². The fourth-order valence-electron chi connectivity index (χ4n) is 1.89. The van der Waals surface area contributed by atoms with Gasteiger partial charge in [-0.1, -0.05) is 13.8 Å². The summed E-state index contributed by atoms with van der Waals surface area (Å²) in [5, 5.41) is 3.13. The van der Waals surface area contributed by atoms with E-state index in [9.17, 15) is 17.6 Å². The number of hydrogen-bond acceptors (Lipinski definition) is 1. The average molecular weight is 291 g/mol. The van der Waals surface area contributed by atoms with Crippen LogP contribution in [-0.4, -0.2) is 6.04 Å². The van der Waals surface area contributed by atoms with E-state index >= 15 is 0 Å². The first-order valence-electron chi connectivity index (χ1n) is 6.78. The van der Waals surface area contributed by atoms with Gasteiger partial charge in [-0.25, -0.2) is 4.39 Å². The fourth-order valence-corrected chi connectivity index (χ4v) is 1.89. The quantitative estimate of drug-likeness (QED) is 0.745. The fraction of sp³-hybridized carbons (Fsp3) is 0.600. The topological polar surface area (TPSA) is 12.0 Å². The van der Waals surface area contributed by atoms with Crippen molar-refractivity contribution in [3.8, 4) is 0 Å². The van der Waals surface area contributed by atoms with Gasteiger partial charge < -0.3 is 5.32 Å². The van der Waals surface area contributed by atoms with Crippen LogP contribution in [0, 0.1) is 11.7 Å². The Morgan fingerprint density at radius 1 is 1.05 bits per heavy atom. The Hall–Kier alpha value is -1.10. The normalized spacial score (nSPS) is 13.8. The van der Waals surface area contributed by atoms with Crippen molar-refractivity contribution in [1.29, 1.82) is 0 Å². The van der Waals surface area contributed by atoms with E-state index in [1.54, 1.807) is 0 Å². The molecular formula is C15H21F4N. The molecule has 0 saturated heterocycles. The number of alkyl halides is 3. The molecule has 1 rings (SSSR count). The van der Waals surface area contributed by atoms with Gasteiger partial charge >= 0.3 is 6.18 Å². The Balaban J connectivity index is 2.62. The lowest BCUT2D eigenvalue weighted by Crippen LogP contribution is -2.26. The molecule has 1 nitrogen and oxygen atoms in total. The third-order valence-electron chi connectivity index (χ3n) is 3.12. The van der Waals surface area contributed by atoms with E-state index in [-0.39, 0.29) is 12.6 Å². The second-order valence-corrected chi connectivity index (χ2v) is 5.60. The molecule has 0 amide bonds. The van der Waals surface area contributed by atoms with Gasteiger partial charge in [-0.3, -0.25) is 0 Å². The Morgan fingerprint density at radius 2 is 1.70 bits per heavy atom. The molecule has 1 atom stereocenters. The van der Waals surface area contributed by atoms with Crippen molar-refractivity contribution in [2.75, 3.05) is 0 Å². The molecule has 114 valence electrons. The summed E-state index contributed by atoms with van der Waals surface area (Å²) in [7, 11) is 0. The van der Waals surface area contributed by atoms with Crippen LogP contribution in [-0.2, 0) is 12.7 Å². The first-order valence-corrected chi connectivity index (χ1v) is 6.78. The van der Waals surface area contributed by atoms with E-state index in [2.05, 4.69) is 19.2 Å². The number of hydrogen-bond donors (Lipinski definition) is 1. The molecule has 0 aliphatic rings. The van der Waals surface area contributed by atoms with Gasteiger partial charge in [0.2, 0.25) is 0 Å². The van der Waals surface area contributed by atoms with Gasteiger partial charge in [0.25, 0.3) is 0 Å². The van der Waals surface area contributed by atoms with Crippen molar-refractivity contribution >= 4 is 0 Å². The second kappa shape index (κ2) is 7.07. The van der Waals surface area contributed by atoms with Crippen LogP contribution in [0.1, 0.15) is 44.7 Å². The van der Waals surface area contributed by atoms with E-state index in [0.717, 1.165) is 25.0 Å². The predicted molar refractivity (Wildman–Crippen MR) is 71.8 cm³/mol. The van der Waals surface area contributed by atoms with Gasteiger partial charge in [0.15, 0.2) is 0 Å². The molecule has 1 aromatic carbocycles. The third-order valence-corrected chi connectivity index (χ3v) is 3.12. The number of nitrogens with one attached hydrogen (secondary N) is 1. The first kappa shape index (κ1) is 17.0. The maximum Gasteiger partial charge on any atom is 0.416 e. The maximum atomic E-state index is 13.2. The van der Waals surface area contributed by atoms with Crippen LogP contribution in [0.2, 0.25) is 0 Å². The molecule has 0 aliphatic carbocycles. The summed E-state index contributed by atoms with van der Waals surface area (Å²) in [5.74, 6) is -0.267. The van der Waals surface area contributed by atoms with Crippen molar-refractivity contribution in [3.63, 3.8) is 0 Å². The van der Waals surface area contributed by atoms with Gasteiger partial charge in [0.05, 0.1) is 5.56 Å². The lowest BCUT2D eigenvalue weighted by molar-refractivity contribution is -0.137. The number of benzene rings is 1. The molecule has 0 fully saturated rings. The predicted octanol–water partition coefficient (Wildman–Crippen LogP) is 4.76. The largest absolute Gasteiger partial charge is 0.416 e. The molecule has 0 aliphatic heterocycles. The van der Waals surface area contributed by atoms with E-state index in [1.165, 1.54) is 0 Å². The molecular weight excluding hydrogens is 270 g/mol. The minimum atomic E-state index is -4.51. The van der Waals surface area contributed by atoms with Gasteiger partial charge in [-0.05, 0) is 49.4 Å². The summed E-state index contributed by atoms with van der Waals surface area (Å²) in [5.41, 5.74) is -0.627. The monoisotopic (exact) mass is 291 g/mol. The van der Waals surface area contributed by atoms with Gasteiger partial charge in [0, 0.05) is 12.6 Å². The summed E-state index contributed by atoms with van der Waals surface area (Å²) >= 11 is 0. The molecule has 0 aromatic heterocycles. The minimum Gasteiger partial charge on any atom is -0.310 e. The minimum absolute atomic E-state index is 0.190. The average Bonchev–Trinajstić information content (AvgIpc) is 2.32. The zero-order valence-electron chi connectivity index (χ0n) is 12.0. The van der Waals surface area contributed by atoms with Crippen LogP contribution in [0.15, 0.2) is 18.2 Å². The first-order chi connectivity index (χ1) is 9.18. The van der Waals surface area contributed by atoms with E-state index in [4.69, 9.17) is 0 Å². The molecule has 5 heteroatoms. The molecule has 0 saturated carbocycles. The highest BCUT2D eigenvalue weighted by atomic mass is 19.4. The van der Waals surface area contributed by atoms with Crippen molar-refractivity contribution in [2.45, 2.75) is 52.4 Å². The Bertz CT molecular complexity index is 426. The highest BCUT2D eigenvalue weighted by Gasteiger charge is 2.31. The molecule has 20 heavy (non-hydrogen) atoms.